The standard InChI is InChI=1S/C32H36O2S4/c1-4-12-25(13-5-1)30-33-28(23-31(35-18-10-19-36-31)26-14-6-2-7-15-26)22-29(34-30)24-32(37-20-11-21-38-32)27-16-8-3-9-17-27/h1-9,12-17,28-30H,10-11,18-24H2/t28-,29+,30?. The van der Waals surface area contributed by atoms with Crippen molar-refractivity contribution in [3.8, 4) is 0 Å². The summed E-state index contributed by atoms with van der Waals surface area (Å²) in [5.41, 5.74) is 3.98. The minimum absolute atomic E-state index is 0.0404. The number of ether oxygens (including phenoxy) is 2. The third-order valence-electron chi connectivity index (χ3n) is 7.57. The number of hydrogen-bond donors (Lipinski definition) is 0. The van der Waals surface area contributed by atoms with Crippen LogP contribution >= 0.6 is 47.0 Å². The van der Waals surface area contributed by atoms with Crippen LogP contribution < -0.4 is 0 Å². The molecule has 3 aliphatic heterocycles. The van der Waals surface area contributed by atoms with Gasteiger partial charge in [-0.05, 0) is 47.0 Å². The Morgan fingerprint density at radius 1 is 0.553 bits per heavy atom. The van der Waals surface area contributed by atoms with Gasteiger partial charge in [0.05, 0.1) is 20.4 Å². The Bertz CT molecular complexity index is 1060. The van der Waals surface area contributed by atoms with Crippen LogP contribution in [0, 0.1) is 0 Å². The van der Waals surface area contributed by atoms with E-state index in [9.17, 15) is 0 Å². The minimum atomic E-state index is -0.322. The van der Waals surface area contributed by atoms with Crippen LogP contribution in [-0.2, 0) is 17.6 Å². The fraction of sp³-hybridized carbons (Fsp3) is 0.438. The van der Waals surface area contributed by atoms with E-state index in [1.807, 2.05) is 0 Å². The summed E-state index contributed by atoms with van der Waals surface area (Å²) in [6.07, 6.45) is 5.48. The van der Waals surface area contributed by atoms with E-state index < -0.39 is 0 Å². The Morgan fingerprint density at radius 3 is 1.37 bits per heavy atom. The monoisotopic (exact) mass is 580 g/mol. The van der Waals surface area contributed by atoms with Crippen molar-refractivity contribution in [1.29, 1.82) is 0 Å². The van der Waals surface area contributed by atoms with E-state index in [0.717, 1.165) is 24.8 Å². The number of hydrogen-bond acceptors (Lipinski definition) is 6. The molecular weight excluding hydrogens is 545 g/mol. The Hall–Kier alpha value is -1.02. The Morgan fingerprint density at radius 2 is 0.947 bits per heavy atom. The summed E-state index contributed by atoms with van der Waals surface area (Å²) in [6, 6.07) is 32.8. The molecule has 3 fully saturated rings. The molecule has 6 rings (SSSR count). The molecule has 3 saturated heterocycles. The summed E-state index contributed by atoms with van der Waals surface area (Å²) in [4.78, 5) is 0. The SMILES string of the molecule is c1ccc(C2O[C@@H](CC3(c4ccccc4)SCCCS3)C[C@@H](CC3(c4ccccc4)SCCCS3)O2)cc1. The number of thioether (sulfide) groups is 4. The molecule has 0 spiro atoms. The van der Waals surface area contributed by atoms with Crippen molar-refractivity contribution in [1.82, 2.24) is 0 Å². The topological polar surface area (TPSA) is 18.5 Å². The zero-order valence-electron chi connectivity index (χ0n) is 21.7. The molecule has 200 valence electrons. The zero-order chi connectivity index (χ0) is 25.7. The number of rotatable bonds is 7. The average molecular weight is 581 g/mol. The van der Waals surface area contributed by atoms with Crippen molar-refractivity contribution in [3.05, 3.63) is 108 Å². The molecule has 0 saturated carbocycles. The lowest BCUT2D eigenvalue weighted by Crippen LogP contribution is -2.40. The van der Waals surface area contributed by atoms with Crippen molar-refractivity contribution < 1.29 is 9.47 Å². The summed E-state index contributed by atoms with van der Waals surface area (Å²) in [6.45, 7) is 0. The van der Waals surface area contributed by atoms with Gasteiger partial charge < -0.3 is 9.47 Å². The molecule has 1 unspecified atom stereocenters. The van der Waals surface area contributed by atoms with Gasteiger partial charge in [-0.1, -0.05) is 91.0 Å². The summed E-state index contributed by atoms with van der Waals surface area (Å²) in [5, 5.41) is 0. The first-order valence-corrected chi connectivity index (χ1v) is 17.7. The fourth-order valence-electron chi connectivity index (χ4n) is 5.75. The maximum absolute atomic E-state index is 6.82. The highest BCUT2D eigenvalue weighted by atomic mass is 32.2. The summed E-state index contributed by atoms with van der Waals surface area (Å²) in [5.74, 6) is 4.84. The molecule has 0 radical (unpaired) electrons. The lowest BCUT2D eigenvalue weighted by Gasteiger charge is -2.45. The molecule has 0 aromatic heterocycles. The quantitative estimate of drug-likeness (QED) is 0.275. The summed E-state index contributed by atoms with van der Waals surface area (Å²) < 4.78 is 13.7. The molecule has 3 aromatic rings. The van der Waals surface area contributed by atoms with Gasteiger partial charge in [0.2, 0.25) is 0 Å². The first-order chi connectivity index (χ1) is 18.7. The van der Waals surface area contributed by atoms with Gasteiger partial charge in [0.25, 0.3) is 0 Å². The highest BCUT2D eigenvalue weighted by Crippen LogP contribution is 2.57. The first kappa shape index (κ1) is 27.2. The first-order valence-electron chi connectivity index (χ1n) is 13.8. The average Bonchev–Trinajstić information content (AvgIpc) is 2.99. The Balaban J connectivity index is 1.29. The minimum Gasteiger partial charge on any atom is -0.345 e. The second kappa shape index (κ2) is 12.7. The van der Waals surface area contributed by atoms with Crippen LogP contribution in [-0.4, -0.2) is 35.2 Å². The smallest absolute Gasteiger partial charge is 0.184 e. The van der Waals surface area contributed by atoms with Crippen LogP contribution in [0.1, 0.15) is 55.1 Å². The van der Waals surface area contributed by atoms with E-state index in [0.29, 0.717) is 0 Å². The van der Waals surface area contributed by atoms with E-state index in [1.165, 1.54) is 47.0 Å². The molecule has 2 nitrogen and oxygen atoms in total. The predicted molar refractivity (Wildman–Crippen MR) is 168 cm³/mol. The van der Waals surface area contributed by atoms with Gasteiger partial charge in [0.15, 0.2) is 6.29 Å². The second-order valence-corrected chi connectivity index (χ2v) is 16.3. The van der Waals surface area contributed by atoms with E-state index in [2.05, 4.69) is 138 Å². The highest BCUT2D eigenvalue weighted by molar-refractivity contribution is 8.18. The Labute approximate surface area is 244 Å². The largest absolute Gasteiger partial charge is 0.345 e. The van der Waals surface area contributed by atoms with Crippen LogP contribution in [0.4, 0.5) is 0 Å². The van der Waals surface area contributed by atoms with Gasteiger partial charge in [-0.3, -0.25) is 0 Å². The number of benzene rings is 3. The van der Waals surface area contributed by atoms with Crippen LogP contribution in [0.3, 0.4) is 0 Å². The maximum atomic E-state index is 6.82. The molecule has 0 aliphatic carbocycles. The van der Waals surface area contributed by atoms with E-state index >= 15 is 0 Å². The van der Waals surface area contributed by atoms with Crippen LogP contribution in [0.2, 0.25) is 0 Å². The van der Waals surface area contributed by atoms with Gasteiger partial charge in [-0.15, -0.1) is 47.0 Å². The second-order valence-electron chi connectivity index (χ2n) is 10.2. The molecule has 38 heavy (non-hydrogen) atoms. The predicted octanol–water partition coefficient (Wildman–Crippen LogP) is 9.09. The third-order valence-corrected chi connectivity index (χ3v) is 14.4. The van der Waals surface area contributed by atoms with Crippen molar-refractivity contribution in [2.45, 2.75) is 58.8 Å². The molecule has 6 heteroatoms. The summed E-state index contributed by atoms with van der Waals surface area (Å²) >= 11 is 8.49. The lowest BCUT2D eigenvalue weighted by atomic mass is 9.96. The lowest BCUT2D eigenvalue weighted by molar-refractivity contribution is -0.250. The highest BCUT2D eigenvalue weighted by Gasteiger charge is 2.45. The van der Waals surface area contributed by atoms with Gasteiger partial charge in [-0.25, -0.2) is 0 Å². The molecule has 0 bridgehead atoms. The third kappa shape index (κ3) is 6.16. The van der Waals surface area contributed by atoms with Gasteiger partial charge >= 0.3 is 0 Å². The van der Waals surface area contributed by atoms with Gasteiger partial charge in [-0.2, -0.15) is 0 Å². The van der Waals surface area contributed by atoms with Crippen LogP contribution in [0.5, 0.6) is 0 Å². The van der Waals surface area contributed by atoms with E-state index in [4.69, 9.17) is 9.47 Å². The molecule has 0 amide bonds. The van der Waals surface area contributed by atoms with E-state index in [1.54, 1.807) is 0 Å². The van der Waals surface area contributed by atoms with Crippen molar-refractivity contribution in [2.24, 2.45) is 0 Å². The van der Waals surface area contributed by atoms with Crippen molar-refractivity contribution in [2.75, 3.05) is 23.0 Å². The molecule has 3 aromatic carbocycles. The van der Waals surface area contributed by atoms with E-state index in [-0.39, 0.29) is 26.7 Å². The Kier molecular flexibility index (Phi) is 9.05. The van der Waals surface area contributed by atoms with Crippen molar-refractivity contribution >= 4 is 47.0 Å². The van der Waals surface area contributed by atoms with Crippen LogP contribution in [0.15, 0.2) is 91.0 Å². The fourth-order valence-corrected chi connectivity index (χ4v) is 12.7. The molecule has 3 aliphatic rings. The van der Waals surface area contributed by atoms with Crippen molar-refractivity contribution in [3.63, 3.8) is 0 Å². The molecule has 0 N–H and O–H groups in total. The summed E-state index contributed by atoms with van der Waals surface area (Å²) in [7, 11) is 0. The van der Waals surface area contributed by atoms with Gasteiger partial charge in [0, 0.05) is 24.8 Å². The van der Waals surface area contributed by atoms with Crippen LogP contribution in [0.25, 0.3) is 0 Å². The maximum Gasteiger partial charge on any atom is 0.184 e. The molecule has 3 heterocycles. The molecule has 3 atom stereocenters. The molecular formula is C32H36O2S4. The van der Waals surface area contributed by atoms with Gasteiger partial charge in [0.1, 0.15) is 0 Å². The normalized spacial score (nSPS) is 27.0. The zero-order valence-corrected chi connectivity index (χ0v) is 25.0.